The highest BCUT2D eigenvalue weighted by atomic mass is 16.5. The maximum absolute atomic E-state index is 12.6. The predicted molar refractivity (Wildman–Crippen MR) is 92.2 cm³/mol. The molecule has 2 heterocycles. The van der Waals surface area contributed by atoms with Gasteiger partial charge in [-0.3, -0.25) is 9.69 Å². The molecular formula is C18H24N4O3. The van der Waals surface area contributed by atoms with Gasteiger partial charge in [0.15, 0.2) is 11.9 Å². The minimum atomic E-state index is -0.492. The first-order chi connectivity index (χ1) is 12.0. The van der Waals surface area contributed by atoms with Crippen molar-refractivity contribution in [1.82, 2.24) is 19.9 Å². The van der Waals surface area contributed by atoms with Crippen LogP contribution in [0.1, 0.15) is 24.2 Å². The molecule has 1 aliphatic rings. The van der Waals surface area contributed by atoms with Crippen molar-refractivity contribution in [2.75, 3.05) is 26.2 Å². The summed E-state index contributed by atoms with van der Waals surface area (Å²) in [6.07, 6.45) is -0.492. The lowest BCUT2D eigenvalue weighted by Crippen LogP contribution is -2.51. The largest absolute Gasteiger partial charge is 0.481 e. The molecular weight excluding hydrogens is 320 g/mol. The monoisotopic (exact) mass is 344 g/mol. The van der Waals surface area contributed by atoms with Gasteiger partial charge < -0.3 is 14.2 Å². The molecule has 0 bridgehead atoms. The highest BCUT2D eigenvalue weighted by Crippen LogP contribution is 2.16. The molecule has 0 N–H and O–H groups in total. The molecule has 2 aromatic rings. The fourth-order valence-corrected chi connectivity index (χ4v) is 2.93. The van der Waals surface area contributed by atoms with Gasteiger partial charge in [0.2, 0.25) is 5.89 Å². The van der Waals surface area contributed by atoms with Gasteiger partial charge in [0.25, 0.3) is 5.91 Å². The van der Waals surface area contributed by atoms with Crippen molar-refractivity contribution >= 4 is 5.91 Å². The molecule has 1 aromatic heterocycles. The molecule has 1 aliphatic heterocycles. The summed E-state index contributed by atoms with van der Waals surface area (Å²) in [5.74, 6) is 2.02. The van der Waals surface area contributed by atoms with E-state index in [1.54, 1.807) is 13.8 Å². The fourth-order valence-electron chi connectivity index (χ4n) is 2.93. The minimum absolute atomic E-state index is 0.0246. The molecule has 3 rings (SSSR count). The summed E-state index contributed by atoms with van der Waals surface area (Å²) in [6, 6.07) is 7.75. The number of amides is 1. The Labute approximate surface area is 147 Å². The van der Waals surface area contributed by atoms with Crippen molar-refractivity contribution in [1.29, 1.82) is 0 Å². The first kappa shape index (κ1) is 17.4. The average molecular weight is 344 g/mol. The molecule has 1 aromatic carbocycles. The number of aromatic nitrogens is 2. The number of carbonyl (C=O) groups excluding carboxylic acids is 1. The van der Waals surface area contributed by atoms with E-state index in [0.717, 1.165) is 24.4 Å². The highest BCUT2D eigenvalue weighted by molar-refractivity contribution is 5.81. The highest BCUT2D eigenvalue weighted by Gasteiger charge is 2.26. The van der Waals surface area contributed by atoms with Gasteiger partial charge >= 0.3 is 0 Å². The van der Waals surface area contributed by atoms with Crippen molar-refractivity contribution < 1.29 is 14.1 Å². The second-order valence-electron chi connectivity index (χ2n) is 6.41. The van der Waals surface area contributed by atoms with E-state index in [9.17, 15) is 4.79 Å². The lowest BCUT2D eigenvalue weighted by Gasteiger charge is -2.35. The van der Waals surface area contributed by atoms with Gasteiger partial charge in [-0.05, 0) is 31.5 Å². The summed E-state index contributed by atoms with van der Waals surface area (Å²) in [6.45, 7) is 9.17. The predicted octanol–water partition coefficient (Wildman–Crippen LogP) is 1.80. The Kier molecular flexibility index (Phi) is 5.33. The normalized spacial score (nSPS) is 16.7. The quantitative estimate of drug-likeness (QED) is 0.824. The van der Waals surface area contributed by atoms with E-state index in [1.165, 1.54) is 0 Å². The number of rotatable bonds is 5. The summed E-state index contributed by atoms with van der Waals surface area (Å²) in [5.41, 5.74) is 1.11. The number of piperazine rings is 1. The van der Waals surface area contributed by atoms with Crippen LogP contribution >= 0.6 is 0 Å². The molecule has 1 saturated heterocycles. The molecule has 7 nitrogen and oxygen atoms in total. The number of carbonyl (C=O) groups is 1. The molecule has 134 valence electrons. The van der Waals surface area contributed by atoms with Crippen molar-refractivity contribution in [3.05, 3.63) is 41.5 Å². The summed E-state index contributed by atoms with van der Waals surface area (Å²) < 4.78 is 10.8. The third-order valence-corrected chi connectivity index (χ3v) is 4.27. The van der Waals surface area contributed by atoms with Gasteiger partial charge in [0.05, 0.1) is 6.54 Å². The molecule has 0 saturated carbocycles. The van der Waals surface area contributed by atoms with Crippen molar-refractivity contribution in [2.45, 2.75) is 33.4 Å². The third kappa shape index (κ3) is 4.57. The van der Waals surface area contributed by atoms with Crippen LogP contribution in [0.25, 0.3) is 0 Å². The summed E-state index contributed by atoms with van der Waals surface area (Å²) in [4.78, 5) is 20.9. The molecule has 0 spiro atoms. The van der Waals surface area contributed by atoms with E-state index in [1.807, 2.05) is 36.1 Å². The molecule has 1 fully saturated rings. The number of benzene rings is 1. The zero-order valence-corrected chi connectivity index (χ0v) is 14.9. The Morgan fingerprint density at radius 1 is 1.28 bits per heavy atom. The number of aryl methyl sites for hydroxylation is 2. The summed E-state index contributed by atoms with van der Waals surface area (Å²) >= 11 is 0. The van der Waals surface area contributed by atoms with Gasteiger partial charge in [0.1, 0.15) is 5.75 Å². The summed E-state index contributed by atoms with van der Waals surface area (Å²) in [5, 5.41) is 3.92. The Balaban J connectivity index is 1.49. The van der Waals surface area contributed by atoms with Crippen LogP contribution in [0.2, 0.25) is 0 Å². The second kappa shape index (κ2) is 7.65. The third-order valence-electron chi connectivity index (χ3n) is 4.27. The van der Waals surface area contributed by atoms with Crippen LogP contribution < -0.4 is 4.74 Å². The van der Waals surface area contributed by atoms with E-state index >= 15 is 0 Å². The lowest BCUT2D eigenvalue weighted by atomic mass is 10.2. The van der Waals surface area contributed by atoms with E-state index < -0.39 is 6.10 Å². The van der Waals surface area contributed by atoms with Crippen LogP contribution in [0, 0.1) is 13.8 Å². The number of nitrogens with zero attached hydrogens (tertiary/aromatic N) is 4. The Bertz CT molecular complexity index is 723. The Morgan fingerprint density at radius 2 is 2.04 bits per heavy atom. The van der Waals surface area contributed by atoms with Crippen LogP contribution in [-0.2, 0) is 11.3 Å². The number of hydrogen-bond acceptors (Lipinski definition) is 6. The van der Waals surface area contributed by atoms with Crippen molar-refractivity contribution in [2.24, 2.45) is 0 Å². The SMILES string of the molecule is Cc1cccc(OC(C)C(=O)N2CCN(Cc3noc(C)n3)CC2)c1. The van der Waals surface area contributed by atoms with Crippen molar-refractivity contribution in [3.63, 3.8) is 0 Å². The maximum Gasteiger partial charge on any atom is 0.263 e. The van der Waals surface area contributed by atoms with Gasteiger partial charge in [0, 0.05) is 33.1 Å². The van der Waals surface area contributed by atoms with Gasteiger partial charge in [-0.25, -0.2) is 0 Å². The Morgan fingerprint density at radius 3 is 2.68 bits per heavy atom. The molecule has 7 heteroatoms. The zero-order chi connectivity index (χ0) is 17.8. The van der Waals surface area contributed by atoms with Crippen LogP contribution in [0.15, 0.2) is 28.8 Å². The molecule has 0 radical (unpaired) electrons. The van der Waals surface area contributed by atoms with Crippen LogP contribution in [0.3, 0.4) is 0 Å². The lowest BCUT2D eigenvalue weighted by molar-refractivity contribution is -0.139. The van der Waals surface area contributed by atoms with E-state index in [-0.39, 0.29) is 5.91 Å². The second-order valence-corrected chi connectivity index (χ2v) is 6.41. The van der Waals surface area contributed by atoms with Gasteiger partial charge in [-0.1, -0.05) is 17.3 Å². The zero-order valence-electron chi connectivity index (χ0n) is 14.9. The Hall–Kier alpha value is -2.41. The molecule has 1 atom stereocenters. The molecule has 1 amide bonds. The molecule has 1 unspecified atom stereocenters. The topological polar surface area (TPSA) is 71.7 Å². The smallest absolute Gasteiger partial charge is 0.263 e. The minimum Gasteiger partial charge on any atom is -0.481 e. The van der Waals surface area contributed by atoms with E-state index in [2.05, 4.69) is 15.0 Å². The van der Waals surface area contributed by atoms with Crippen LogP contribution in [0.4, 0.5) is 0 Å². The van der Waals surface area contributed by atoms with Crippen LogP contribution in [-0.4, -0.2) is 58.1 Å². The molecule has 0 aliphatic carbocycles. The number of hydrogen-bond donors (Lipinski definition) is 0. The standard InChI is InChI=1S/C18H24N4O3/c1-13-5-4-6-16(11-13)24-14(2)18(23)22-9-7-21(8-10-22)12-17-19-15(3)25-20-17/h4-6,11,14H,7-10,12H2,1-3H3. The maximum atomic E-state index is 12.6. The fraction of sp³-hybridized carbons (Fsp3) is 0.500. The average Bonchev–Trinajstić information content (AvgIpc) is 3.00. The summed E-state index contributed by atoms with van der Waals surface area (Å²) in [7, 11) is 0. The first-order valence-electron chi connectivity index (χ1n) is 8.55. The van der Waals surface area contributed by atoms with E-state index in [4.69, 9.17) is 9.26 Å². The van der Waals surface area contributed by atoms with Crippen molar-refractivity contribution in [3.8, 4) is 5.75 Å². The number of ether oxygens (including phenoxy) is 1. The molecule has 25 heavy (non-hydrogen) atoms. The van der Waals surface area contributed by atoms with Crippen LogP contribution in [0.5, 0.6) is 5.75 Å². The van der Waals surface area contributed by atoms with E-state index in [0.29, 0.717) is 31.3 Å². The van der Waals surface area contributed by atoms with Gasteiger partial charge in [-0.15, -0.1) is 0 Å². The first-order valence-corrected chi connectivity index (χ1v) is 8.55. The van der Waals surface area contributed by atoms with Gasteiger partial charge in [-0.2, -0.15) is 4.98 Å².